The first kappa shape index (κ1) is 20.8. The molecule has 0 bridgehead atoms. The van der Waals surface area contributed by atoms with Crippen LogP contribution >= 0.6 is 11.3 Å². The third kappa shape index (κ3) is 5.50. The Morgan fingerprint density at radius 1 is 1.07 bits per heavy atom. The molecule has 1 aromatic carbocycles. The second-order valence-electron chi connectivity index (χ2n) is 5.83. The van der Waals surface area contributed by atoms with E-state index in [2.05, 4.69) is 27.5 Å². The van der Waals surface area contributed by atoms with Gasteiger partial charge >= 0.3 is 0 Å². The Morgan fingerprint density at radius 3 is 2.22 bits per heavy atom. The zero-order valence-corrected chi connectivity index (χ0v) is 17.6. The number of aliphatic imine (C=N–C) groups is 1. The van der Waals surface area contributed by atoms with Crippen LogP contribution in [-0.2, 0) is 13.1 Å². The minimum Gasteiger partial charge on any atom is -0.493 e. The van der Waals surface area contributed by atoms with Crippen molar-refractivity contribution in [1.29, 1.82) is 0 Å². The van der Waals surface area contributed by atoms with Crippen LogP contribution in [-0.4, -0.2) is 38.8 Å². The Kier molecular flexibility index (Phi) is 7.72. The lowest BCUT2D eigenvalue weighted by Crippen LogP contribution is -2.36. The van der Waals surface area contributed by atoms with Gasteiger partial charge in [0.25, 0.3) is 0 Å². The van der Waals surface area contributed by atoms with Crippen molar-refractivity contribution in [3.05, 3.63) is 33.3 Å². The summed E-state index contributed by atoms with van der Waals surface area (Å²) in [5.41, 5.74) is 2.04. The number of thiazole rings is 1. The largest absolute Gasteiger partial charge is 0.493 e. The number of aromatic nitrogens is 1. The van der Waals surface area contributed by atoms with E-state index in [1.165, 1.54) is 4.88 Å². The Labute approximate surface area is 164 Å². The van der Waals surface area contributed by atoms with Crippen LogP contribution in [0.4, 0.5) is 0 Å². The number of hydrogen-bond acceptors (Lipinski definition) is 6. The first-order chi connectivity index (χ1) is 13.0. The summed E-state index contributed by atoms with van der Waals surface area (Å²) in [6, 6.07) is 3.81. The summed E-state index contributed by atoms with van der Waals surface area (Å²) < 4.78 is 16.2. The molecule has 0 saturated heterocycles. The van der Waals surface area contributed by atoms with Gasteiger partial charge in [0, 0.05) is 11.4 Å². The molecule has 0 saturated carbocycles. The number of aryl methyl sites for hydroxylation is 2. The van der Waals surface area contributed by atoms with E-state index >= 15 is 0 Å². The molecule has 0 aliphatic rings. The third-order valence-electron chi connectivity index (χ3n) is 3.97. The molecule has 0 atom stereocenters. The second-order valence-corrected chi connectivity index (χ2v) is 7.12. The topological polar surface area (TPSA) is 77.0 Å². The highest BCUT2D eigenvalue weighted by molar-refractivity contribution is 7.11. The molecule has 7 nitrogen and oxygen atoms in total. The van der Waals surface area contributed by atoms with Crippen molar-refractivity contribution < 1.29 is 14.2 Å². The fraction of sp³-hybridized carbons (Fsp3) is 0.474. The summed E-state index contributed by atoms with van der Waals surface area (Å²) in [6.07, 6.45) is 0. The molecular weight excluding hydrogens is 364 g/mol. The van der Waals surface area contributed by atoms with Gasteiger partial charge in [0.1, 0.15) is 5.01 Å². The number of hydrogen-bond donors (Lipinski definition) is 2. The molecule has 8 heteroatoms. The summed E-state index contributed by atoms with van der Waals surface area (Å²) >= 11 is 1.70. The fourth-order valence-electron chi connectivity index (χ4n) is 2.51. The molecule has 0 aliphatic carbocycles. The van der Waals surface area contributed by atoms with Crippen molar-refractivity contribution in [2.45, 2.75) is 33.9 Å². The molecule has 1 aromatic heterocycles. The number of benzene rings is 1. The van der Waals surface area contributed by atoms with Gasteiger partial charge in [0.2, 0.25) is 5.75 Å². The number of nitrogens with zero attached hydrogens (tertiary/aromatic N) is 2. The lowest BCUT2D eigenvalue weighted by Gasteiger charge is -2.14. The van der Waals surface area contributed by atoms with Gasteiger partial charge in [0.05, 0.1) is 40.1 Å². The summed E-state index contributed by atoms with van der Waals surface area (Å²) in [6.45, 7) is 8.03. The standard InChI is InChI=1S/C19H28N4O3S/c1-7-20-19(22-11-17-23-12(2)13(3)27-17)21-10-14-8-15(24-4)18(26-6)16(9-14)25-5/h8-9H,7,10-11H2,1-6H3,(H2,20,21,22). The van der Waals surface area contributed by atoms with Crippen LogP contribution in [0.5, 0.6) is 17.2 Å². The number of nitrogens with one attached hydrogen (secondary N) is 2. The van der Waals surface area contributed by atoms with Crippen molar-refractivity contribution in [2.75, 3.05) is 27.9 Å². The molecule has 2 aromatic rings. The van der Waals surface area contributed by atoms with Crippen LogP contribution in [0.1, 0.15) is 28.1 Å². The van der Waals surface area contributed by atoms with E-state index in [-0.39, 0.29) is 0 Å². The van der Waals surface area contributed by atoms with Crippen molar-refractivity contribution in [3.8, 4) is 17.2 Å². The zero-order chi connectivity index (χ0) is 19.8. The molecule has 0 aliphatic heterocycles. The SMILES string of the molecule is CCNC(=NCc1cc(OC)c(OC)c(OC)c1)NCc1nc(C)c(C)s1. The van der Waals surface area contributed by atoms with Crippen LogP contribution in [0.25, 0.3) is 0 Å². The maximum absolute atomic E-state index is 5.40. The molecule has 2 N–H and O–H groups in total. The predicted molar refractivity (Wildman–Crippen MR) is 109 cm³/mol. The van der Waals surface area contributed by atoms with E-state index in [1.54, 1.807) is 32.7 Å². The fourth-order valence-corrected chi connectivity index (χ4v) is 3.39. The zero-order valence-electron chi connectivity index (χ0n) is 16.8. The Balaban J connectivity index is 2.13. The summed E-state index contributed by atoms with van der Waals surface area (Å²) in [5.74, 6) is 2.55. The number of guanidine groups is 1. The highest BCUT2D eigenvalue weighted by Crippen LogP contribution is 2.38. The maximum Gasteiger partial charge on any atom is 0.203 e. The first-order valence-corrected chi connectivity index (χ1v) is 9.57. The summed E-state index contributed by atoms with van der Waals surface area (Å²) in [7, 11) is 4.80. The molecule has 2 rings (SSSR count). The molecule has 0 fully saturated rings. The van der Waals surface area contributed by atoms with Gasteiger partial charge in [-0.05, 0) is 38.5 Å². The normalized spacial score (nSPS) is 11.3. The molecule has 0 unspecified atom stereocenters. The average molecular weight is 393 g/mol. The molecular formula is C19H28N4O3S. The third-order valence-corrected chi connectivity index (χ3v) is 5.04. The molecule has 1 heterocycles. The van der Waals surface area contributed by atoms with Crippen LogP contribution in [0.2, 0.25) is 0 Å². The van der Waals surface area contributed by atoms with Crippen LogP contribution < -0.4 is 24.8 Å². The van der Waals surface area contributed by atoms with Crippen LogP contribution in [0.15, 0.2) is 17.1 Å². The number of ether oxygens (including phenoxy) is 3. The van der Waals surface area contributed by atoms with Gasteiger partial charge < -0.3 is 24.8 Å². The molecule has 27 heavy (non-hydrogen) atoms. The molecule has 148 valence electrons. The minimum atomic E-state index is 0.474. The number of methoxy groups -OCH3 is 3. The van der Waals surface area contributed by atoms with Gasteiger partial charge in [-0.3, -0.25) is 0 Å². The van der Waals surface area contributed by atoms with Crippen molar-refractivity contribution in [1.82, 2.24) is 15.6 Å². The van der Waals surface area contributed by atoms with E-state index in [0.29, 0.717) is 30.3 Å². The highest BCUT2D eigenvalue weighted by Gasteiger charge is 2.13. The highest BCUT2D eigenvalue weighted by atomic mass is 32.1. The van der Waals surface area contributed by atoms with Gasteiger partial charge in [-0.2, -0.15) is 0 Å². The van der Waals surface area contributed by atoms with Crippen molar-refractivity contribution in [3.63, 3.8) is 0 Å². The summed E-state index contributed by atoms with van der Waals surface area (Å²) in [4.78, 5) is 10.4. The minimum absolute atomic E-state index is 0.474. The smallest absolute Gasteiger partial charge is 0.203 e. The molecule has 0 amide bonds. The Morgan fingerprint density at radius 2 is 1.74 bits per heavy atom. The Hall–Kier alpha value is -2.48. The van der Waals surface area contributed by atoms with E-state index in [4.69, 9.17) is 14.2 Å². The quantitative estimate of drug-likeness (QED) is 0.531. The maximum atomic E-state index is 5.40. The summed E-state index contributed by atoms with van der Waals surface area (Å²) in [5, 5.41) is 7.62. The van der Waals surface area contributed by atoms with E-state index in [0.717, 1.165) is 28.8 Å². The first-order valence-electron chi connectivity index (χ1n) is 8.76. The van der Waals surface area contributed by atoms with Crippen molar-refractivity contribution in [2.24, 2.45) is 4.99 Å². The molecule has 0 spiro atoms. The monoisotopic (exact) mass is 392 g/mol. The lowest BCUT2D eigenvalue weighted by molar-refractivity contribution is 0.324. The van der Waals surface area contributed by atoms with E-state index < -0.39 is 0 Å². The predicted octanol–water partition coefficient (Wildman–Crippen LogP) is 3.04. The Bertz CT molecular complexity index is 745. The van der Waals surface area contributed by atoms with E-state index in [1.807, 2.05) is 26.0 Å². The van der Waals surface area contributed by atoms with Gasteiger partial charge in [0.15, 0.2) is 17.5 Å². The van der Waals surface area contributed by atoms with Crippen LogP contribution in [0.3, 0.4) is 0 Å². The van der Waals surface area contributed by atoms with Gasteiger partial charge in [-0.1, -0.05) is 0 Å². The van der Waals surface area contributed by atoms with Gasteiger partial charge in [-0.25, -0.2) is 9.98 Å². The van der Waals surface area contributed by atoms with Crippen LogP contribution in [0, 0.1) is 13.8 Å². The molecule has 0 radical (unpaired) electrons. The lowest BCUT2D eigenvalue weighted by atomic mass is 10.2. The number of rotatable bonds is 8. The van der Waals surface area contributed by atoms with Gasteiger partial charge in [-0.15, -0.1) is 11.3 Å². The van der Waals surface area contributed by atoms with Crippen molar-refractivity contribution >= 4 is 17.3 Å². The average Bonchev–Trinajstić information content (AvgIpc) is 3.00. The van der Waals surface area contributed by atoms with E-state index in [9.17, 15) is 0 Å². The second kappa shape index (κ2) is 10.0.